The third-order valence-electron chi connectivity index (χ3n) is 4.43. The minimum Gasteiger partial charge on any atom is -0.356 e. The van der Waals surface area contributed by atoms with E-state index in [1.54, 1.807) is 7.05 Å². The molecule has 2 N–H and O–H groups in total. The fourth-order valence-electron chi connectivity index (χ4n) is 2.56. The lowest BCUT2D eigenvalue weighted by Crippen LogP contribution is -2.42. The summed E-state index contributed by atoms with van der Waals surface area (Å²) in [7, 11) is -1.14. The Labute approximate surface area is 179 Å². The van der Waals surface area contributed by atoms with E-state index in [0.717, 1.165) is 18.9 Å². The predicted octanol–water partition coefficient (Wildman–Crippen LogP) is 4.37. The third-order valence-corrected chi connectivity index (χ3v) is 5.38. The van der Waals surface area contributed by atoms with Gasteiger partial charge in [-0.3, -0.25) is 4.99 Å². The van der Waals surface area contributed by atoms with Crippen molar-refractivity contribution in [2.24, 2.45) is 10.4 Å². The van der Waals surface area contributed by atoms with Crippen LogP contribution in [0.4, 0.5) is 0 Å². The maximum atomic E-state index is 11.3. The number of hydrogen-bond acceptors (Lipinski definition) is 3. The molecule has 0 spiro atoms. The van der Waals surface area contributed by atoms with Crippen LogP contribution < -0.4 is 10.6 Å². The Hall–Kier alpha value is -0.0500. The molecule has 0 aromatic rings. The smallest absolute Gasteiger partial charge is 0.190 e. The van der Waals surface area contributed by atoms with E-state index < -0.39 is 9.84 Å². The van der Waals surface area contributed by atoms with E-state index in [2.05, 4.69) is 36.4 Å². The fraction of sp³-hybridized carbons (Fsp3) is 0.947. The lowest BCUT2D eigenvalue weighted by Gasteiger charge is -2.25. The van der Waals surface area contributed by atoms with E-state index in [0.29, 0.717) is 13.0 Å². The molecule has 0 fully saturated rings. The summed E-state index contributed by atoms with van der Waals surface area (Å²) in [4.78, 5) is 4.24. The first kappa shape index (κ1) is 28.2. The predicted molar refractivity (Wildman–Crippen MR) is 125 cm³/mol. The summed E-state index contributed by atoms with van der Waals surface area (Å²) >= 11 is 0. The average molecular weight is 504 g/mol. The molecule has 0 bridgehead atoms. The van der Waals surface area contributed by atoms with Crippen LogP contribution in [0.2, 0.25) is 0 Å². The van der Waals surface area contributed by atoms with Gasteiger partial charge in [-0.05, 0) is 18.3 Å². The normalized spacial score (nSPS) is 12.6. The lowest BCUT2D eigenvalue weighted by molar-refractivity contribution is 0.348. The van der Waals surface area contributed by atoms with Crippen molar-refractivity contribution in [3.63, 3.8) is 0 Å². The SMILES string of the molecule is CCCCCCCCCCNC(=NC)NCC(C)(C)CCS(C)(=O)=O.I. The second-order valence-electron chi connectivity index (χ2n) is 7.87. The van der Waals surface area contributed by atoms with E-state index in [9.17, 15) is 8.42 Å². The first-order chi connectivity index (χ1) is 11.7. The summed E-state index contributed by atoms with van der Waals surface area (Å²) in [6, 6.07) is 0. The van der Waals surface area contributed by atoms with E-state index in [1.165, 1.54) is 51.2 Å². The number of rotatable bonds is 14. The fourth-order valence-corrected chi connectivity index (χ4v) is 3.48. The number of nitrogens with zero attached hydrogens (tertiary/aromatic N) is 1. The molecule has 0 aliphatic heterocycles. The zero-order chi connectivity index (χ0) is 19.2. The minimum atomic E-state index is -2.91. The molecule has 5 nitrogen and oxygen atoms in total. The molecular weight excluding hydrogens is 461 g/mol. The molecule has 0 atom stereocenters. The van der Waals surface area contributed by atoms with Crippen molar-refractivity contribution in [3.05, 3.63) is 0 Å². The molecule has 26 heavy (non-hydrogen) atoms. The van der Waals surface area contributed by atoms with Crippen LogP contribution in [0.25, 0.3) is 0 Å². The molecule has 0 rings (SSSR count). The van der Waals surface area contributed by atoms with Gasteiger partial charge in [0.25, 0.3) is 0 Å². The van der Waals surface area contributed by atoms with Gasteiger partial charge in [0.15, 0.2) is 5.96 Å². The summed E-state index contributed by atoms with van der Waals surface area (Å²) in [6.07, 6.45) is 12.4. The largest absolute Gasteiger partial charge is 0.356 e. The Morgan fingerprint density at radius 3 is 2.00 bits per heavy atom. The number of nitrogens with one attached hydrogen (secondary N) is 2. The van der Waals surface area contributed by atoms with Gasteiger partial charge in [0, 0.05) is 26.4 Å². The van der Waals surface area contributed by atoms with E-state index in [4.69, 9.17) is 0 Å². The number of guanidine groups is 1. The maximum absolute atomic E-state index is 11.3. The first-order valence-corrected chi connectivity index (χ1v) is 11.9. The van der Waals surface area contributed by atoms with Crippen LogP contribution in [0.5, 0.6) is 0 Å². The van der Waals surface area contributed by atoms with Crippen LogP contribution in [-0.4, -0.2) is 46.5 Å². The molecule has 0 saturated heterocycles. The van der Waals surface area contributed by atoms with Gasteiger partial charge in [-0.15, -0.1) is 24.0 Å². The third kappa shape index (κ3) is 18.7. The van der Waals surface area contributed by atoms with Gasteiger partial charge in [0.05, 0.1) is 5.75 Å². The molecule has 0 aliphatic rings. The Morgan fingerprint density at radius 1 is 0.962 bits per heavy atom. The quantitative estimate of drug-likeness (QED) is 0.160. The first-order valence-electron chi connectivity index (χ1n) is 9.82. The van der Waals surface area contributed by atoms with Crippen molar-refractivity contribution in [2.75, 3.05) is 32.1 Å². The van der Waals surface area contributed by atoms with Gasteiger partial charge < -0.3 is 10.6 Å². The van der Waals surface area contributed by atoms with Gasteiger partial charge in [-0.2, -0.15) is 0 Å². The zero-order valence-corrected chi connectivity index (χ0v) is 20.7. The van der Waals surface area contributed by atoms with E-state index in [-0.39, 0.29) is 35.1 Å². The van der Waals surface area contributed by atoms with Crippen molar-refractivity contribution >= 4 is 39.8 Å². The van der Waals surface area contributed by atoms with Crippen LogP contribution in [0.15, 0.2) is 4.99 Å². The monoisotopic (exact) mass is 503 g/mol. The Balaban J connectivity index is 0. The van der Waals surface area contributed by atoms with E-state index >= 15 is 0 Å². The minimum absolute atomic E-state index is 0. The van der Waals surface area contributed by atoms with E-state index in [1.807, 2.05) is 0 Å². The van der Waals surface area contributed by atoms with Crippen molar-refractivity contribution in [3.8, 4) is 0 Å². The molecule has 0 saturated carbocycles. The Bertz CT molecular complexity index is 465. The summed E-state index contributed by atoms with van der Waals surface area (Å²) in [6.45, 7) is 8.05. The van der Waals surface area contributed by atoms with Crippen LogP contribution in [-0.2, 0) is 9.84 Å². The summed E-state index contributed by atoms with van der Waals surface area (Å²) in [5, 5.41) is 6.66. The average Bonchev–Trinajstić information content (AvgIpc) is 2.54. The Kier molecular flexibility index (Phi) is 17.3. The molecule has 0 aliphatic carbocycles. The number of sulfone groups is 1. The van der Waals surface area contributed by atoms with Crippen LogP contribution in [0, 0.1) is 5.41 Å². The van der Waals surface area contributed by atoms with Crippen molar-refractivity contribution < 1.29 is 8.42 Å². The van der Waals surface area contributed by atoms with Crippen molar-refractivity contribution in [2.45, 2.75) is 78.6 Å². The number of aliphatic imine (C=N–C) groups is 1. The molecular formula is C19H42IN3O2S. The lowest BCUT2D eigenvalue weighted by atomic mass is 9.90. The number of unbranched alkanes of at least 4 members (excludes halogenated alkanes) is 7. The van der Waals surface area contributed by atoms with Gasteiger partial charge in [0.1, 0.15) is 9.84 Å². The molecule has 7 heteroatoms. The number of halogens is 1. The second-order valence-corrected chi connectivity index (χ2v) is 10.1. The molecule has 0 aromatic heterocycles. The number of hydrogen-bond donors (Lipinski definition) is 2. The van der Waals surface area contributed by atoms with Crippen LogP contribution in [0.3, 0.4) is 0 Å². The molecule has 0 amide bonds. The van der Waals surface area contributed by atoms with Gasteiger partial charge >= 0.3 is 0 Å². The summed E-state index contributed by atoms with van der Waals surface area (Å²) < 4.78 is 22.6. The molecule has 158 valence electrons. The molecule has 0 heterocycles. The molecule has 0 aromatic carbocycles. The zero-order valence-electron chi connectivity index (χ0n) is 17.6. The highest BCUT2D eigenvalue weighted by molar-refractivity contribution is 14.0. The van der Waals surface area contributed by atoms with Crippen molar-refractivity contribution in [1.29, 1.82) is 0 Å². The highest BCUT2D eigenvalue weighted by Crippen LogP contribution is 2.19. The highest BCUT2D eigenvalue weighted by Gasteiger charge is 2.20. The topological polar surface area (TPSA) is 70.6 Å². The van der Waals surface area contributed by atoms with Gasteiger partial charge in [0.2, 0.25) is 0 Å². The maximum Gasteiger partial charge on any atom is 0.190 e. The van der Waals surface area contributed by atoms with Crippen LogP contribution >= 0.6 is 24.0 Å². The Morgan fingerprint density at radius 2 is 1.50 bits per heavy atom. The second kappa shape index (κ2) is 16.0. The molecule has 0 unspecified atom stereocenters. The summed E-state index contributed by atoms with van der Waals surface area (Å²) in [5.74, 6) is 1.03. The van der Waals surface area contributed by atoms with Crippen molar-refractivity contribution in [1.82, 2.24) is 10.6 Å². The summed E-state index contributed by atoms with van der Waals surface area (Å²) in [5.41, 5.74) is -0.0841. The highest BCUT2D eigenvalue weighted by atomic mass is 127. The van der Waals surface area contributed by atoms with Gasteiger partial charge in [-0.1, -0.05) is 65.7 Å². The van der Waals surface area contributed by atoms with Gasteiger partial charge in [-0.25, -0.2) is 8.42 Å². The molecule has 0 radical (unpaired) electrons. The van der Waals surface area contributed by atoms with Crippen LogP contribution in [0.1, 0.15) is 78.6 Å². The standard InChI is InChI=1S/C19H41N3O2S.HI/c1-6-7-8-9-10-11-12-13-15-21-18(20-4)22-17-19(2,3)14-16-25(5,23)24;/h6-17H2,1-5H3,(H2,20,21,22);1H.